The molecule has 0 aliphatic carbocycles. The van der Waals surface area contributed by atoms with E-state index < -0.39 is 0 Å². The van der Waals surface area contributed by atoms with Crippen LogP contribution in [-0.4, -0.2) is 22.6 Å². The van der Waals surface area contributed by atoms with Crippen LogP contribution >= 0.6 is 0 Å². The topological polar surface area (TPSA) is 59.4 Å². The normalized spacial score (nSPS) is 11.5. The smallest absolute Gasteiger partial charge is 0.281 e. The first-order valence-electron chi connectivity index (χ1n) is 7.26. The lowest BCUT2D eigenvalue weighted by molar-refractivity contribution is 0.214. The number of hydrogen-bond donors (Lipinski definition) is 1. The van der Waals surface area contributed by atoms with Crippen molar-refractivity contribution in [1.82, 2.24) is 9.78 Å². The van der Waals surface area contributed by atoms with Crippen molar-refractivity contribution in [3.63, 3.8) is 0 Å². The molecule has 0 spiro atoms. The van der Waals surface area contributed by atoms with Crippen molar-refractivity contribution in [3.05, 3.63) is 87.8 Å². The van der Waals surface area contributed by atoms with E-state index in [0.29, 0.717) is 11.3 Å². The van der Waals surface area contributed by atoms with Crippen LogP contribution in [-0.2, 0) is 4.84 Å². The van der Waals surface area contributed by atoms with Crippen molar-refractivity contribution in [1.29, 1.82) is 0 Å². The number of aromatic amines is 1. The average Bonchev–Trinajstić information content (AvgIpc) is 2.89. The Bertz CT molecular complexity index is 878. The van der Waals surface area contributed by atoms with Gasteiger partial charge in [-0.25, -0.2) is 4.68 Å². The van der Waals surface area contributed by atoms with Gasteiger partial charge in [0.1, 0.15) is 12.8 Å². The highest BCUT2D eigenvalue weighted by Gasteiger charge is 2.19. The molecular weight excluding hydrogens is 290 g/mol. The zero-order valence-corrected chi connectivity index (χ0v) is 13.0. The number of rotatable bonds is 4. The molecule has 116 valence electrons. The summed E-state index contributed by atoms with van der Waals surface area (Å²) in [5, 5.41) is 7.18. The van der Waals surface area contributed by atoms with Crippen molar-refractivity contribution in [3.8, 4) is 5.69 Å². The number of aromatic nitrogens is 2. The molecule has 0 amide bonds. The van der Waals surface area contributed by atoms with Crippen LogP contribution in [0.5, 0.6) is 0 Å². The van der Waals surface area contributed by atoms with Gasteiger partial charge in [-0.05, 0) is 19.1 Å². The van der Waals surface area contributed by atoms with Crippen molar-refractivity contribution < 1.29 is 4.84 Å². The highest BCUT2D eigenvalue weighted by molar-refractivity contribution is 6.13. The Morgan fingerprint density at radius 3 is 2.26 bits per heavy atom. The fourth-order valence-electron chi connectivity index (χ4n) is 2.51. The minimum atomic E-state index is -0.159. The molecular formula is C18H17N3O2. The van der Waals surface area contributed by atoms with E-state index in [0.717, 1.165) is 16.9 Å². The molecule has 0 aliphatic heterocycles. The minimum absolute atomic E-state index is 0.159. The summed E-state index contributed by atoms with van der Waals surface area (Å²) in [6.45, 7) is 1.85. The maximum atomic E-state index is 12.9. The van der Waals surface area contributed by atoms with Crippen LogP contribution in [0.15, 0.2) is 70.6 Å². The van der Waals surface area contributed by atoms with Crippen LogP contribution in [0.2, 0.25) is 0 Å². The fraction of sp³-hybridized carbons (Fsp3) is 0.111. The number of nitrogens with zero attached hydrogens (tertiary/aromatic N) is 2. The van der Waals surface area contributed by atoms with E-state index in [1.54, 1.807) is 0 Å². The maximum Gasteiger partial charge on any atom is 0.281 e. The van der Waals surface area contributed by atoms with Gasteiger partial charge in [0.05, 0.1) is 11.3 Å². The first kappa shape index (κ1) is 14.8. The van der Waals surface area contributed by atoms with Crippen LogP contribution < -0.4 is 5.56 Å². The summed E-state index contributed by atoms with van der Waals surface area (Å²) in [5.74, 6) is 0. The van der Waals surface area contributed by atoms with Gasteiger partial charge in [0.2, 0.25) is 0 Å². The van der Waals surface area contributed by atoms with Gasteiger partial charge in [-0.3, -0.25) is 9.89 Å². The molecule has 1 heterocycles. The first-order valence-corrected chi connectivity index (χ1v) is 7.26. The third-order valence-electron chi connectivity index (χ3n) is 3.55. The van der Waals surface area contributed by atoms with Crippen LogP contribution in [0.25, 0.3) is 5.69 Å². The van der Waals surface area contributed by atoms with Gasteiger partial charge in [0, 0.05) is 11.3 Å². The average molecular weight is 307 g/mol. The lowest BCUT2D eigenvalue weighted by Crippen LogP contribution is -2.21. The summed E-state index contributed by atoms with van der Waals surface area (Å²) < 4.78 is 1.51. The molecule has 1 N–H and O–H groups in total. The summed E-state index contributed by atoms with van der Waals surface area (Å²) >= 11 is 0. The van der Waals surface area contributed by atoms with Crippen LogP contribution in [0.4, 0.5) is 0 Å². The van der Waals surface area contributed by atoms with E-state index in [4.69, 9.17) is 4.84 Å². The van der Waals surface area contributed by atoms with Crippen molar-refractivity contribution in [2.75, 3.05) is 7.11 Å². The number of aryl methyl sites for hydroxylation is 1. The highest BCUT2D eigenvalue weighted by Crippen LogP contribution is 2.13. The minimum Gasteiger partial charge on any atom is -0.399 e. The van der Waals surface area contributed by atoms with E-state index in [-0.39, 0.29) is 5.56 Å². The number of nitrogens with one attached hydrogen (secondary N) is 1. The second-order valence-corrected chi connectivity index (χ2v) is 5.08. The van der Waals surface area contributed by atoms with E-state index in [1.807, 2.05) is 67.6 Å². The molecule has 5 nitrogen and oxygen atoms in total. The van der Waals surface area contributed by atoms with Gasteiger partial charge in [-0.15, -0.1) is 0 Å². The number of benzene rings is 2. The number of H-pyrrole nitrogens is 1. The lowest BCUT2D eigenvalue weighted by Gasteiger charge is -2.03. The van der Waals surface area contributed by atoms with Gasteiger partial charge < -0.3 is 4.84 Å². The highest BCUT2D eigenvalue weighted by atomic mass is 16.6. The molecule has 0 bridgehead atoms. The molecule has 0 saturated heterocycles. The van der Waals surface area contributed by atoms with Gasteiger partial charge in [0.25, 0.3) is 5.56 Å². The molecule has 0 fully saturated rings. The van der Waals surface area contributed by atoms with Gasteiger partial charge >= 0.3 is 0 Å². The van der Waals surface area contributed by atoms with E-state index in [9.17, 15) is 4.79 Å². The van der Waals surface area contributed by atoms with E-state index in [2.05, 4.69) is 10.3 Å². The second kappa shape index (κ2) is 6.36. The Kier molecular flexibility index (Phi) is 4.10. The van der Waals surface area contributed by atoms with Crippen LogP contribution in [0, 0.1) is 6.92 Å². The molecule has 0 unspecified atom stereocenters. The quantitative estimate of drug-likeness (QED) is 0.595. The number of oxime groups is 1. The summed E-state index contributed by atoms with van der Waals surface area (Å²) in [6, 6.07) is 18.9. The summed E-state index contributed by atoms with van der Waals surface area (Å²) in [5.41, 5.74) is 3.20. The van der Waals surface area contributed by atoms with Crippen molar-refractivity contribution in [2.45, 2.75) is 6.92 Å². The van der Waals surface area contributed by atoms with Gasteiger partial charge in [0.15, 0.2) is 0 Å². The second-order valence-electron chi connectivity index (χ2n) is 5.08. The van der Waals surface area contributed by atoms with Gasteiger partial charge in [-0.1, -0.05) is 53.7 Å². The first-order chi connectivity index (χ1) is 11.2. The summed E-state index contributed by atoms with van der Waals surface area (Å²) in [7, 11) is 1.47. The third-order valence-corrected chi connectivity index (χ3v) is 3.55. The Morgan fingerprint density at radius 1 is 1.04 bits per heavy atom. The summed E-state index contributed by atoms with van der Waals surface area (Å²) in [4.78, 5) is 17.8. The van der Waals surface area contributed by atoms with Crippen LogP contribution in [0.1, 0.15) is 16.8 Å². The van der Waals surface area contributed by atoms with Crippen molar-refractivity contribution in [2.24, 2.45) is 5.16 Å². The predicted octanol–water partition coefficient (Wildman–Crippen LogP) is 2.87. The molecule has 23 heavy (non-hydrogen) atoms. The van der Waals surface area contributed by atoms with Gasteiger partial charge in [-0.2, -0.15) is 0 Å². The third kappa shape index (κ3) is 2.81. The number of para-hydroxylation sites is 1. The standard InChI is InChI=1S/C18H17N3O2/c1-13-16(17(20-23-2)14-9-5-3-6-10-14)18(22)21(19-13)15-11-7-4-8-12-15/h3-12,19H,1-2H3/b20-17+. The summed E-state index contributed by atoms with van der Waals surface area (Å²) in [6.07, 6.45) is 0. The monoisotopic (exact) mass is 307 g/mol. The molecule has 0 radical (unpaired) electrons. The molecule has 3 aromatic rings. The SMILES string of the molecule is CO/N=C(\c1ccccc1)c1c(C)[nH]n(-c2ccccc2)c1=O. The Hall–Kier alpha value is -3.08. The zero-order chi connectivity index (χ0) is 16.2. The van der Waals surface area contributed by atoms with Crippen LogP contribution in [0.3, 0.4) is 0 Å². The molecule has 1 aromatic heterocycles. The lowest BCUT2D eigenvalue weighted by atomic mass is 10.0. The van der Waals surface area contributed by atoms with E-state index in [1.165, 1.54) is 11.8 Å². The predicted molar refractivity (Wildman–Crippen MR) is 90.2 cm³/mol. The zero-order valence-electron chi connectivity index (χ0n) is 13.0. The molecule has 0 atom stereocenters. The Labute approximate surface area is 133 Å². The molecule has 2 aromatic carbocycles. The molecule has 3 rings (SSSR count). The molecule has 0 saturated carbocycles. The Balaban J connectivity index is 2.18. The largest absolute Gasteiger partial charge is 0.399 e. The van der Waals surface area contributed by atoms with Crippen molar-refractivity contribution >= 4 is 5.71 Å². The Morgan fingerprint density at radius 2 is 1.65 bits per heavy atom. The maximum absolute atomic E-state index is 12.9. The van der Waals surface area contributed by atoms with E-state index >= 15 is 0 Å². The number of hydrogen-bond acceptors (Lipinski definition) is 3. The molecule has 0 aliphatic rings. The molecule has 5 heteroatoms. The fourth-order valence-corrected chi connectivity index (χ4v) is 2.51.